The van der Waals surface area contributed by atoms with Crippen molar-refractivity contribution in [3.05, 3.63) is 22.4 Å². The van der Waals surface area contributed by atoms with Crippen LogP contribution in [0.3, 0.4) is 0 Å². The van der Waals surface area contributed by atoms with Crippen LogP contribution in [0.15, 0.2) is 17.5 Å². The zero-order chi connectivity index (χ0) is 10.6. The highest BCUT2D eigenvalue weighted by molar-refractivity contribution is 7.09. The van der Waals surface area contributed by atoms with Crippen LogP contribution < -0.4 is 0 Å². The number of hydrogen-bond acceptors (Lipinski definition) is 2. The molecule has 0 spiro atoms. The number of thiophene rings is 1. The van der Waals surface area contributed by atoms with Gasteiger partial charge >= 0.3 is 0 Å². The molecule has 1 rings (SSSR count). The normalized spacial score (nSPS) is 12.5. The summed E-state index contributed by atoms with van der Waals surface area (Å²) in [6.45, 7) is 4.20. The highest BCUT2D eigenvalue weighted by Gasteiger charge is 2.11. The smallest absolute Gasteiger partial charge is 0.0954 e. The number of nitrogens with zero attached hydrogens (tertiary/aromatic N) is 1. The molecule has 14 heavy (non-hydrogen) atoms. The van der Waals surface area contributed by atoms with E-state index in [1.54, 1.807) is 11.3 Å². The van der Waals surface area contributed by atoms with Crippen LogP contribution in [0.2, 0.25) is 0 Å². The second-order valence-electron chi connectivity index (χ2n) is 3.54. The van der Waals surface area contributed by atoms with Crippen molar-refractivity contribution in [3.63, 3.8) is 0 Å². The first-order chi connectivity index (χ1) is 6.65. The van der Waals surface area contributed by atoms with Crippen molar-refractivity contribution in [2.45, 2.75) is 32.7 Å². The summed E-state index contributed by atoms with van der Waals surface area (Å²) >= 11 is 1.79. The first kappa shape index (κ1) is 11.2. The van der Waals surface area contributed by atoms with E-state index in [4.69, 9.17) is 5.41 Å². The highest BCUT2D eigenvalue weighted by atomic mass is 32.1. The Bertz CT molecular complexity index is 279. The average Bonchev–Trinajstić information content (AvgIpc) is 2.68. The summed E-state index contributed by atoms with van der Waals surface area (Å²) in [6, 6.07) is 4.66. The Labute approximate surface area is 90.1 Å². The Morgan fingerprint density at radius 3 is 2.86 bits per heavy atom. The Hall–Kier alpha value is -0.830. The molecular weight excluding hydrogens is 192 g/mol. The number of nitrogens with one attached hydrogen (secondary N) is 1. The first-order valence-corrected chi connectivity index (χ1v) is 5.85. The molecule has 78 valence electrons. The van der Waals surface area contributed by atoms with Gasteiger partial charge in [-0.05, 0) is 18.4 Å². The number of hydrogen-bond donors (Lipinski definition) is 1. The van der Waals surface area contributed by atoms with Crippen LogP contribution in [-0.2, 0) is 6.42 Å². The Kier molecular flexibility index (Phi) is 4.14. The first-order valence-electron chi connectivity index (χ1n) is 4.97. The van der Waals surface area contributed by atoms with Crippen molar-refractivity contribution in [3.8, 4) is 0 Å². The molecule has 1 aromatic rings. The van der Waals surface area contributed by atoms with Crippen LogP contribution in [0.1, 0.15) is 25.1 Å². The molecular formula is C11H18N2S. The third-order valence-electron chi connectivity index (χ3n) is 2.50. The van der Waals surface area contributed by atoms with Gasteiger partial charge in [-0.25, -0.2) is 0 Å². The van der Waals surface area contributed by atoms with Crippen molar-refractivity contribution in [1.82, 2.24) is 4.90 Å². The molecule has 0 fully saturated rings. The molecule has 0 amide bonds. The van der Waals surface area contributed by atoms with E-state index in [0.29, 0.717) is 11.9 Å². The van der Waals surface area contributed by atoms with E-state index in [-0.39, 0.29) is 0 Å². The van der Waals surface area contributed by atoms with Gasteiger partial charge in [0.05, 0.1) is 5.84 Å². The molecule has 0 aliphatic rings. The predicted octanol–water partition coefficient (Wildman–Crippen LogP) is 3.00. The molecule has 3 heteroatoms. The number of rotatable bonds is 4. The Morgan fingerprint density at radius 1 is 1.64 bits per heavy atom. The van der Waals surface area contributed by atoms with E-state index < -0.39 is 0 Å². The number of amidine groups is 1. The third-order valence-corrected chi connectivity index (χ3v) is 3.40. The summed E-state index contributed by atoms with van der Waals surface area (Å²) in [5, 5.41) is 9.84. The van der Waals surface area contributed by atoms with Crippen LogP contribution in [0.4, 0.5) is 0 Å². The van der Waals surface area contributed by atoms with Crippen molar-refractivity contribution in [1.29, 1.82) is 5.41 Å². The predicted molar refractivity (Wildman–Crippen MR) is 63.3 cm³/mol. The van der Waals surface area contributed by atoms with E-state index >= 15 is 0 Å². The lowest BCUT2D eigenvalue weighted by Crippen LogP contribution is -2.35. The molecule has 1 heterocycles. The average molecular weight is 210 g/mol. The minimum absolute atomic E-state index is 0.418. The van der Waals surface area contributed by atoms with Gasteiger partial charge in [0.15, 0.2) is 0 Å². The quantitative estimate of drug-likeness (QED) is 0.600. The van der Waals surface area contributed by atoms with E-state index in [0.717, 1.165) is 12.8 Å². The van der Waals surface area contributed by atoms with E-state index in [1.807, 2.05) is 14.0 Å². The zero-order valence-electron chi connectivity index (χ0n) is 9.08. The molecule has 0 aromatic carbocycles. The van der Waals surface area contributed by atoms with Crippen LogP contribution in [0.25, 0.3) is 0 Å². The summed E-state index contributed by atoms with van der Waals surface area (Å²) in [5.41, 5.74) is 0. The molecule has 0 radical (unpaired) electrons. The summed E-state index contributed by atoms with van der Waals surface area (Å²) in [5.74, 6) is 0.717. The van der Waals surface area contributed by atoms with E-state index in [2.05, 4.69) is 29.3 Å². The van der Waals surface area contributed by atoms with Crippen molar-refractivity contribution in [2.24, 2.45) is 0 Å². The van der Waals surface area contributed by atoms with Crippen LogP contribution in [-0.4, -0.2) is 23.8 Å². The molecule has 1 unspecified atom stereocenters. The molecule has 0 saturated heterocycles. The van der Waals surface area contributed by atoms with Crippen LogP contribution >= 0.6 is 11.3 Å². The fraction of sp³-hybridized carbons (Fsp3) is 0.545. The molecule has 0 saturated carbocycles. The lowest BCUT2D eigenvalue weighted by atomic mass is 10.2. The van der Waals surface area contributed by atoms with Gasteiger partial charge in [-0.1, -0.05) is 13.0 Å². The van der Waals surface area contributed by atoms with Gasteiger partial charge in [-0.2, -0.15) is 0 Å². The standard InChI is InChI=1S/C11H18N2S/c1-4-11(12)13(3)9(2)8-10-6-5-7-14-10/h5-7,9,12H,4,8H2,1-3H3. The van der Waals surface area contributed by atoms with Crippen molar-refractivity contribution < 1.29 is 0 Å². The maximum absolute atomic E-state index is 7.73. The Balaban J connectivity index is 2.49. The minimum Gasteiger partial charge on any atom is -0.361 e. The molecule has 0 aliphatic carbocycles. The maximum atomic E-state index is 7.73. The van der Waals surface area contributed by atoms with Gasteiger partial charge in [-0.15, -0.1) is 11.3 Å². The van der Waals surface area contributed by atoms with Gasteiger partial charge in [0.2, 0.25) is 0 Å². The monoisotopic (exact) mass is 210 g/mol. The zero-order valence-corrected chi connectivity index (χ0v) is 9.90. The summed E-state index contributed by atoms with van der Waals surface area (Å²) in [4.78, 5) is 3.45. The van der Waals surface area contributed by atoms with Gasteiger partial charge in [0.25, 0.3) is 0 Å². The SMILES string of the molecule is CCC(=N)N(C)C(C)Cc1cccs1. The summed E-state index contributed by atoms with van der Waals surface area (Å²) in [6.07, 6.45) is 1.85. The maximum Gasteiger partial charge on any atom is 0.0954 e. The topological polar surface area (TPSA) is 27.1 Å². The lowest BCUT2D eigenvalue weighted by Gasteiger charge is -2.26. The lowest BCUT2D eigenvalue weighted by molar-refractivity contribution is 0.381. The molecule has 1 N–H and O–H groups in total. The van der Waals surface area contributed by atoms with Crippen molar-refractivity contribution in [2.75, 3.05) is 7.05 Å². The van der Waals surface area contributed by atoms with Crippen LogP contribution in [0, 0.1) is 5.41 Å². The second kappa shape index (κ2) is 5.15. The summed E-state index contributed by atoms with van der Waals surface area (Å²) in [7, 11) is 2.00. The largest absolute Gasteiger partial charge is 0.361 e. The fourth-order valence-corrected chi connectivity index (χ4v) is 2.20. The number of likely N-dealkylation sites (N-methyl/N-ethyl adjacent to an activating group) is 1. The molecule has 1 atom stereocenters. The van der Waals surface area contributed by atoms with E-state index in [1.165, 1.54) is 4.88 Å². The van der Waals surface area contributed by atoms with Gasteiger partial charge in [0, 0.05) is 30.8 Å². The fourth-order valence-electron chi connectivity index (χ4n) is 1.37. The molecule has 2 nitrogen and oxygen atoms in total. The summed E-state index contributed by atoms with van der Waals surface area (Å²) < 4.78 is 0. The van der Waals surface area contributed by atoms with Gasteiger partial charge in [-0.3, -0.25) is 5.41 Å². The minimum atomic E-state index is 0.418. The molecule has 1 aromatic heterocycles. The van der Waals surface area contributed by atoms with Gasteiger partial charge < -0.3 is 4.90 Å². The highest BCUT2D eigenvalue weighted by Crippen LogP contribution is 2.13. The Morgan fingerprint density at radius 2 is 2.36 bits per heavy atom. The second-order valence-corrected chi connectivity index (χ2v) is 4.58. The van der Waals surface area contributed by atoms with Crippen molar-refractivity contribution >= 4 is 17.2 Å². The van der Waals surface area contributed by atoms with Gasteiger partial charge in [0.1, 0.15) is 0 Å². The molecule has 0 aliphatic heterocycles. The molecule has 0 bridgehead atoms. The van der Waals surface area contributed by atoms with E-state index in [9.17, 15) is 0 Å². The third kappa shape index (κ3) is 2.84. The van der Waals surface area contributed by atoms with Crippen LogP contribution in [0.5, 0.6) is 0 Å².